The zero-order chi connectivity index (χ0) is 22.6. The monoisotopic (exact) mass is 449 g/mol. The maximum absolute atomic E-state index is 5.52. The molecule has 4 aliphatic rings. The maximum Gasteiger partial charge on any atom is 0.159 e. The van der Waals surface area contributed by atoms with Crippen molar-refractivity contribution in [2.75, 3.05) is 32.8 Å². The highest BCUT2D eigenvalue weighted by molar-refractivity contribution is 5.54. The van der Waals surface area contributed by atoms with Crippen molar-refractivity contribution in [1.29, 1.82) is 0 Å². The van der Waals surface area contributed by atoms with E-state index in [2.05, 4.69) is 35.1 Å². The molecule has 4 saturated heterocycles. The SMILES string of the molecule is CCC(CC)c1cc([C@@H]2CN3CC[C@H]2C[C@@H]3CNC2CCOCC2)nc(-c2ccncc2)n1. The quantitative estimate of drug-likeness (QED) is 0.645. The summed E-state index contributed by atoms with van der Waals surface area (Å²) in [6.07, 6.45) is 10.8. The molecule has 4 aliphatic heterocycles. The van der Waals surface area contributed by atoms with Crippen molar-refractivity contribution in [2.45, 2.75) is 76.3 Å². The Kier molecular flexibility index (Phi) is 7.34. The highest BCUT2D eigenvalue weighted by atomic mass is 16.5. The summed E-state index contributed by atoms with van der Waals surface area (Å²) >= 11 is 0. The fourth-order valence-electron chi connectivity index (χ4n) is 6.11. The number of aromatic nitrogens is 3. The average Bonchev–Trinajstić information content (AvgIpc) is 2.89. The van der Waals surface area contributed by atoms with Gasteiger partial charge in [-0.2, -0.15) is 0 Å². The van der Waals surface area contributed by atoms with E-state index < -0.39 is 0 Å². The molecule has 0 radical (unpaired) electrons. The van der Waals surface area contributed by atoms with Crippen LogP contribution in [0.15, 0.2) is 30.6 Å². The number of rotatable bonds is 8. The van der Waals surface area contributed by atoms with Crippen LogP contribution in [0.5, 0.6) is 0 Å². The minimum atomic E-state index is 0.491. The molecule has 2 bridgehead atoms. The molecule has 33 heavy (non-hydrogen) atoms. The zero-order valence-electron chi connectivity index (χ0n) is 20.2. The molecule has 0 amide bonds. The largest absolute Gasteiger partial charge is 0.381 e. The summed E-state index contributed by atoms with van der Waals surface area (Å²) in [4.78, 5) is 17.1. The molecule has 178 valence electrons. The number of ether oxygens (including phenoxy) is 1. The number of fused-ring (bicyclic) bond motifs is 3. The second-order valence-electron chi connectivity index (χ2n) is 10.1. The summed E-state index contributed by atoms with van der Waals surface area (Å²) in [7, 11) is 0. The second kappa shape index (κ2) is 10.6. The number of piperidine rings is 3. The topological polar surface area (TPSA) is 63.2 Å². The zero-order valence-corrected chi connectivity index (χ0v) is 20.2. The smallest absolute Gasteiger partial charge is 0.159 e. The molecular weight excluding hydrogens is 410 g/mol. The van der Waals surface area contributed by atoms with Crippen molar-refractivity contribution in [3.63, 3.8) is 0 Å². The summed E-state index contributed by atoms with van der Waals surface area (Å²) in [5, 5.41) is 3.85. The Hall–Kier alpha value is -1.89. The number of hydrogen-bond acceptors (Lipinski definition) is 6. The third kappa shape index (κ3) is 5.13. The minimum absolute atomic E-state index is 0.491. The van der Waals surface area contributed by atoms with Crippen molar-refractivity contribution in [3.05, 3.63) is 42.0 Å². The summed E-state index contributed by atoms with van der Waals surface area (Å²) in [6, 6.07) is 7.69. The van der Waals surface area contributed by atoms with E-state index in [4.69, 9.17) is 14.7 Å². The van der Waals surface area contributed by atoms with E-state index in [0.717, 1.165) is 63.4 Å². The molecule has 0 spiro atoms. The molecule has 0 aromatic carbocycles. The van der Waals surface area contributed by atoms with E-state index in [1.54, 1.807) is 0 Å². The first-order chi connectivity index (χ1) is 16.2. The first-order valence-corrected chi connectivity index (χ1v) is 13.1. The third-order valence-electron chi connectivity index (χ3n) is 8.23. The molecule has 0 aliphatic carbocycles. The Morgan fingerprint density at radius 2 is 1.88 bits per heavy atom. The van der Waals surface area contributed by atoms with Gasteiger partial charge in [0, 0.05) is 79.6 Å². The molecule has 0 saturated carbocycles. The van der Waals surface area contributed by atoms with Gasteiger partial charge in [-0.15, -0.1) is 0 Å². The Morgan fingerprint density at radius 1 is 1.09 bits per heavy atom. The molecule has 6 heterocycles. The van der Waals surface area contributed by atoms with Crippen LogP contribution < -0.4 is 5.32 Å². The summed E-state index contributed by atoms with van der Waals surface area (Å²) in [6.45, 7) is 9.81. The lowest BCUT2D eigenvalue weighted by Gasteiger charge is -2.50. The number of pyridine rings is 1. The summed E-state index contributed by atoms with van der Waals surface area (Å²) in [5.74, 6) is 2.58. The van der Waals surface area contributed by atoms with Gasteiger partial charge in [0.05, 0.1) is 0 Å². The number of nitrogens with one attached hydrogen (secondary N) is 1. The maximum atomic E-state index is 5.52. The standard InChI is InChI=1S/C27H39N5O/c1-3-19(4-2)25-16-26(31-27(30-25)20-5-10-28-11-6-20)24-18-32-12-7-21(24)15-23(32)17-29-22-8-13-33-14-9-22/h5-6,10-11,16,19,21-24,29H,3-4,7-9,12-15,17-18H2,1-2H3/t21-,23+,24+/m0/s1. The van der Waals surface area contributed by atoms with Gasteiger partial charge in [0.25, 0.3) is 0 Å². The molecule has 1 N–H and O–H groups in total. The first kappa shape index (κ1) is 22.9. The van der Waals surface area contributed by atoms with E-state index in [1.165, 1.54) is 30.8 Å². The molecule has 6 heteroatoms. The van der Waals surface area contributed by atoms with Crippen LogP contribution in [-0.2, 0) is 4.74 Å². The third-order valence-corrected chi connectivity index (χ3v) is 8.23. The molecular formula is C27H39N5O. The number of hydrogen-bond donors (Lipinski definition) is 1. The van der Waals surface area contributed by atoms with E-state index in [-0.39, 0.29) is 0 Å². The van der Waals surface area contributed by atoms with Gasteiger partial charge in [-0.05, 0) is 69.2 Å². The van der Waals surface area contributed by atoms with Crippen molar-refractivity contribution >= 4 is 0 Å². The molecule has 6 rings (SSSR count). The molecule has 6 nitrogen and oxygen atoms in total. The molecule has 4 atom stereocenters. The fraction of sp³-hybridized carbons (Fsp3) is 0.667. The fourth-order valence-corrected chi connectivity index (χ4v) is 6.11. The van der Waals surface area contributed by atoms with Gasteiger partial charge < -0.3 is 10.1 Å². The molecule has 2 aromatic rings. The van der Waals surface area contributed by atoms with E-state index >= 15 is 0 Å². The molecule has 1 unspecified atom stereocenters. The van der Waals surface area contributed by atoms with Crippen molar-refractivity contribution in [3.8, 4) is 11.4 Å². The van der Waals surface area contributed by atoms with Gasteiger partial charge in [0.2, 0.25) is 0 Å². The van der Waals surface area contributed by atoms with Crippen molar-refractivity contribution in [1.82, 2.24) is 25.2 Å². The van der Waals surface area contributed by atoms with Gasteiger partial charge in [-0.25, -0.2) is 9.97 Å². The lowest BCUT2D eigenvalue weighted by molar-refractivity contribution is 0.0235. The van der Waals surface area contributed by atoms with Gasteiger partial charge >= 0.3 is 0 Å². The molecule has 4 fully saturated rings. The van der Waals surface area contributed by atoms with E-state index in [1.807, 2.05) is 24.5 Å². The normalized spacial score (nSPS) is 27.8. The van der Waals surface area contributed by atoms with Crippen LogP contribution in [0, 0.1) is 5.92 Å². The average molecular weight is 450 g/mol. The van der Waals surface area contributed by atoms with Gasteiger partial charge in [0.1, 0.15) is 0 Å². The number of nitrogens with zero attached hydrogens (tertiary/aromatic N) is 4. The van der Waals surface area contributed by atoms with Crippen molar-refractivity contribution in [2.24, 2.45) is 5.92 Å². The Labute approximate surface area is 198 Å². The van der Waals surface area contributed by atoms with E-state index in [0.29, 0.717) is 29.8 Å². The van der Waals surface area contributed by atoms with E-state index in [9.17, 15) is 0 Å². The highest BCUT2D eigenvalue weighted by Gasteiger charge is 2.41. The second-order valence-corrected chi connectivity index (χ2v) is 10.1. The van der Waals surface area contributed by atoms with Gasteiger partial charge in [0.15, 0.2) is 5.82 Å². The van der Waals surface area contributed by atoms with Crippen LogP contribution in [0.3, 0.4) is 0 Å². The Bertz CT molecular complexity index is 897. The first-order valence-electron chi connectivity index (χ1n) is 13.1. The van der Waals surface area contributed by atoms with Crippen LogP contribution >= 0.6 is 0 Å². The highest BCUT2D eigenvalue weighted by Crippen LogP contribution is 2.42. The predicted molar refractivity (Wildman–Crippen MR) is 131 cm³/mol. The van der Waals surface area contributed by atoms with Gasteiger partial charge in [-0.1, -0.05) is 13.8 Å². The molecule has 2 aromatic heterocycles. The summed E-state index contributed by atoms with van der Waals surface area (Å²) < 4.78 is 5.52. The Morgan fingerprint density at radius 3 is 2.58 bits per heavy atom. The van der Waals surface area contributed by atoms with Crippen LogP contribution in [-0.4, -0.2) is 64.8 Å². The van der Waals surface area contributed by atoms with Crippen LogP contribution in [0.1, 0.15) is 75.6 Å². The van der Waals surface area contributed by atoms with Crippen LogP contribution in [0.4, 0.5) is 0 Å². The lowest BCUT2D eigenvalue weighted by atomic mass is 9.73. The van der Waals surface area contributed by atoms with Crippen LogP contribution in [0.25, 0.3) is 11.4 Å². The Balaban J connectivity index is 1.35. The summed E-state index contributed by atoms with van der Waals surface area (Å²) in [5.41, 5.74) is 3.54. The minimum Gasteiger partial charge on any atom is -0.381 e. The van der Waals surface area contributed by atoms with Gasteiger partial charge in [-0.3, -0.25) is 9.88 Å². The predicted octanol–water partition coefficient (Wildman–Crippen LogP) is 4.39. The van der Waals surface area contributed by atoms with Crippen molar-refractivity contribution < 1.29 is 4.74 Å². The van der Waals surface area contributed by atoms with Crippen LogP contribution in [0.2, 0.25) is 0 Å². The lowest BCUT2D eigenvalue weighted by Crippen LogP contribution is -2.56.